The summed E-state index contributed by atoms with van der Waals surface area (Å²) in [6.07, 6.45) is -3.58. The summed E-state index contributed by atoms with van der Waals surface area (Å²) in [5, 5.41) is 57.5. The third-order valence-electron chi connectivity index (χ3n) is 7.44. The maximum absolute atomic E-state index is 13.8. The molecule has 0 radical (unpaired) electrons. The minimum atomic E-state index is -1.77. The van der Waals surface area contributed by atoms with Gasteiger partial charge in [0.05, 0.1) is 24.3 Å². The Labute approximate surface area is 210 Å². The molecule has 6 atom stereocenters. The molecule has 0 aliphatic heterocycles. The summed E-state index contributed by atoms with van der Waals surface area (Å²) in [6.45, 7) is 13.3. The standard InChI is InChI=1S/C25H51N3O7/c1-8-24(7,9-2)28-17(22(34)25(10-3,11-4)27-12-5)13-16(6)23(35)26-14-18(30)20(32)21(33)19(31)15-29/h16-21,27-33H,8-15H2,1-7H3,(H,26,35). The van der Waals surface area contributed by atoms with Gasteiger partial charge in [0.25, 0.3) is 0 Å². The van der Waals surface area contributed by atoms with Crippen LogP contribution in [0.1, 0.15) is 80.6 Å². The number of hydrogen-bond donors (Lipinski definition) is 8. The molecule has 0 fully saturated rings. The zero-order valence-corrected chi connectivity index (χ0v) is 22.7. The van der Waals surface area contributed by atoms with Crippen molar-refractivity contribution in [1.82, 2.24) is 16.0 Å². The fourth-order valence-electron chi connectivity index (χ4n) is 4.24. The minimum Gasteiger partial charge on any atom is -0.394 e. The molecule has 0 aromatic heterocycles. The van der Waals surface area contributed by atoms with Gasteiger partial charge in [-0.15, -0.1) is 0 Å². The summed E-state index contributed by atoms with van der Waals surface area (Å²) in [7, 11) is 0. The maximum Gasteiger partial charge on any atom is 0.222 e. The van der Waals surface area contributed by atoms with Gasteiger partial charge in [-0.1, -0.05) is 41.5 Å². The first-order chi connectivity index (χ1) is 16.3. The number of nitrogens with one attached hydrogen (secondary N) is 3. The number of aliphatic hydroxyl groups is 5. The molecule has 35 heavy (non-hydrogen) atoms. The van der Waals surface area contributed by atoms with Crippen molar-refractivity contribution in [3.05, 3.63) is 0 Å². The van der Waals surface area contributed by atoms with Crippen LogP contribution in [0.3, 0.4) is 0 Å². The summed E-state index contributed by atoms with van der Waals surface area (Å²) in [6, 6.07) is -0.573. The number of aliphatic hydroxyl groups excluding tert-OH is 5. The molecule has 0 spiro atoms. The smallest absolute Gasteiger partial charge is 0.222 e. The SMILES string of the molecule is CCNC(CC)(CC)C(=O)C(CC(C)C(=O)NCC(O)C(O)C(O)C(O)CO)NC(C)(CC)CC. The van der Waals surface area contributed by atoms with Crippen molar-refractivity contribution in [2.75, 3.05) is 19.7 Å². The first-order valence-corrected chi connectivity index (χ1v) is 13.0. The van der Waals surface area contributed by atoms with Crippen LogP contribution in [0, 0.1) is 5.92 Å². The summed E-state index contributed by atoms with van der Waals surface area (Å²) in [5.74, 6) is -0.974. The van der Waals surface area contributed by atoms with Gasteiger partial charge in [0.2, 0.25) is 5.91 Å². The van der Waals surface area contributed by atoms with Crippen molar-refractivity contribution in [3.63, 3.8) is 0 Å². The van der Waals surface area contributed by atoms with Crippen LogP contribution in [-0.4, -0.2) is 98.5 Å². The molecule has 0 heterocycles. The molecule has 0 aliphatic rings. The van der Waals surface area contributed by atoms with Gasteiger partial charge >= 0.3 is 0 Å². The molecule has 0 bridgehead atoms. The molecule has 10 heteroatoms. The second kappa shape index (κ2) is 15.9. The quantitative estimate of drug-likeness (QED) is 0.119. The zero-order chi connectivity index (χ0) is 27.4. The first kappa shape index (κ1) is 33.9. The van der Waals surface area contributed by atoms with Crippen LogP contribution in [0.2, 0.25) is 0 Å². The second-order valence-corrected chi connectivity index (χ2v) is 9.83. The van der Waals surface area contributed by atoms with Crippen molar-refractivity contribution < 1.29 is 35.1 Å². The predicted octanol–water partition coefficient (Wildman–Crippen LogP) is -0.161. The highest BCUT2D eigenvalue weighted by atomic mass is 16.4. The Morgan fingerprint density at radius 3 is 1.80 bits per heavy atom. The lowest BCUT2D eigenvalue weighted by molar-refractivity contribution is -0.131. The Kier molecular flexibility index (Phi) is 15.3. The highest BCUT2D eigenvalue weighted by molar-refractivity contribution is 5.93. The number of carbonyl (C=O) groups excluding carboxylic acids is 2. The van der Waals surface area contributed by atoms with E-state index in [4.69, 9.17) is 5.11 Å². The third kappa shape index (κ3) is 9.68. The predicted molar refractivity (Wildman–Crippen MR) is 136 cm³/mol. The molecular formula is C25H51N3O7. The lowest BCUT2D eigenvalue weighted by Gasteiger charge is -2.40. The van der Waals surface area contributed by atoms with Gasteiger partial charge in [-0.2, -0.15) is 0 Å². The topological polar surface area (TPSA) is 171 Å². The summed E-state index contributed by atoms with van der Waals surface area (Å²) in [4.78, 5) is 26.6. The Morgan fingerprint density at radius 1 is 0.857 bits per heavy atom. The Morgan fingerprint density at radius 2 is 1.37 bits per heavy atom. The lowest BCUT2D eigenvalue weighted by atomic mass is 9.80. The fourth-order valence-corrected chi connectivity index (χ4v) is 4.24. The van der Waals surface area contributed by atoms with Gasteiger partial charge < -0.3 is 41.5 Å². The van der Waals surface area contributed by atoms with E-state index in [0.717, 1.165) is 12.8 Å². The molecule has 1 amide bonds. The average Bonchev–Trinajstić information content (AvgIpc) is 2.87. The van der Waals surface area contributed by atoms with E-state index < -0.39 is 54.4 Å². The minimum absolute atomic E-state index is 0.0219. The third-order valence-corrected chi connectivity index (χ3v) is 7.44. The van der Waals surface area contributed by atoms with E-state index in [0.29, 0.717) is 19.4 Å². The molecule has 0 rings (SSSR count). The Balaban J connectivity index is 5.53. The van der Waals surface area contributed by atoms with Crippen molar-refractivity contribution in [2.45, 2.75) is 122 Å². The van der Waals surface area contributed by atoms with Gasteiger partial charge in [-0.25, -0.2) is 0 Å². The van der Waals surface area contributed by atoms with Gasteiger partial charge in [-0.3, -0.25) is 9.59 Å². The van der Waals surface area contributed by atoms with Crippen LogP contribution in [0.5, 0.6) is 0 Å². The maximum atomic E-state index is 13.8. The van der Waals surface area contributed by atoms with Gasteiger partial charge in [-0.05, 0) is 45.6 Å². The lowest BCUT2D eigenvalue weighted by Crippen LogP contribution is -2.61. The highest BCUT2D eigenvalue weighted by Crippen LogP contribution is 2.25. The molecule has 0 saturated carbocycles. The van der Waals surface area contributed by atoms with E-state index >= 15 is 0 Å². The highest BCUT2D eigenvalue weighted by Gasteiger charge is 2.41. The van der Waals surface area contributed by atoms with Crippen molar-refractivity contribution in [2.24, 2.45) is 5.92 Å². The number of rotatable bonds is 19. The normalized spacial score (nSPS) is 17.8. The molecule has 10 nitrogen and oxygen atoms in total. The molecule has 6 unspecified atom stereocenters. The van der Waals surface area contributed by atoms with E-state index in [-0.39, 0.29) is 24.3 Å². The van der Waals surface area contributed by atoms with Crippen molar-refractivity contribution >= 4 is 11.7 Å². The van der Waals surface area contributed by atoms with Gasteiger partial charge in [0.1, 0.15) is 18.3 Å². The number of Topliss-reactive ketones (excluding diaryl/α,β-unsaturated/α-hetero) is 1. The van der Waals surface area contributed by atoms with Crippen molar-refractivity contribution in [1.29, 1.82) is 0 Å². The Bertz CT molecular complexity index is 626. The second-order valence-electron chi connectivity index (χ2n) is 9.83. The van der Waals surface area contributed by atoms with Crippen LogP contribution in [0.25, 0.3) is 0 Å². The molecular weight excluding hydrogens is 454 g/mol. The number of hydrogen-bond acceptors (Lipinski definition) is 9. The fraction of sp³-hybridized carbons (Fsp3) is 0.920. The van der Waals surface area contributed by atoms with Crippen LogP contribution in [-0.2, 0) is 9.59 Å². The number of likely N-dealkylation sites (N-methyl/N-ethyl adjacent to an activating group) is 1. The van der Waals surface area contributed by atoms with Crippen LogP contribution in [0.15, 0.2) is 0 Å². The monoisotopic (exact) mass is 505 g/mol. The molecule has 8 N–H and O–H groups in total. The zero-order valence-electron chi connectivity index (χ0n) is 22.7. The largest absolute Gasteiger partial charge is 0.394 e. The van der Waals surface area contributed by atoms with E-state index in [1.165, 1.54) is 0 Å². The number of amides is 1. The summed E-state index contributed by atoms with van der Waals surface area (Å²) < 4.78 is 0. The number of ketones is 1. The summed E-state index contributed by atoms with van der Waals surface area (Å²) >= 11 is 0. The Hall–Kier alpha value is -1.14. The van der Waals surface area contributed by atoms with E-state index in [1.54, 1.807) is 6.92 Å². The molecule has 0 saturated heterocycles. The van der Waals surface area contributed by atoms with E-state index in [1.807, 2.05) is 20.8 Å². The molecule has 208 valence electrons. The van der Waals surface area contributed by atoms with Crippen LogP contribution < -0.4 is 16.0 Å². The van der Waals surface area contributed by atoms with Crippen LogP contribution in [0.4, 0.5) is 0 Å². The molecule has 0 aromatic carbocycles. The van der Waals surface area contributed by atoms with Crippen molar-refractivity contribution in [3.8, 4) is 0 Å². The summed E-state index contributed by atoms with van der Waals surface area (Å²) in [5.41, 5.74) is -0.977. The molecule has 0 aliphatic carbocycles. The van der Waals surface area contributed by atoms with Gasteiger partial charge in [0, 0.05) is 18.0 Å². The number of carbonyl (C=O) groups is 2. The van der Waals surface area contributed by atoms with E-state index in [9.17, 15) is 30.0 Å². The van der Waals surface area contributed by atoms with Gasteiger partial charge in [0.15, 0.2) is 5.78 Å². The molecule has 0 aromatic rings. The van der Waals surface area contributed by atoms with E-state index in [2.05, 4.69) is 36.7 Å². The van der Waals surface area contributed by atoms with Crippen LogP contribution >= 0.6 is 0 Å². The average molecular weight is 506 g/mol. The first-order valence-electron chi connectivity index (χ1n) is 13.0.